The summed E-state index contributed by atoms with van der Waals surface area (Å²) in [4.78, 5) is 0.128. The maximum atomic E-state index is 11.5. The first kappa shape index (κ1) is 13.3. The van der Waals surface area contributed by atoms with Gasteiger partial charge in [0.1, 0.15) is 4.90 Å². The molecule has 0 saturated heterocycles. The van der Waals surface area contributed by atoms with Gasteiger partial charge in [-0.25, -0.2) is 13.6 Å². The summed E-state index contributed by atoms with van der Waals surface area (Å²) in [5.74, 6) is 0. The average molecular weight is 269 g/mol. The Labute approximate surface area is 108 Å². The molecule has 0 bridgehead atoms. The molecule has 1 aromatic carbocycles. The summed E-state index contributed by atoms with van der Waals surface area (Å²) in [6, 6.07) is 6.85. The van der Waals surface area contributed by atoms with Crippen molar-refractivity contribution >= 4 is 15.7 Å². The van der Waals surface area contributed by atoms with E-state index in [2.05, 4.69) is 5.32 Å². The van der Waals surface area contributed by atoms with Crippen molar-refractivity contribution < 1.29 is 8.42 Å². The van der Waals surface area contributed by atoms with Gasteiger partial charge in [-0.15, -0.1) is 0 Å². The Kier molecular flexibility index (Phi) is 3.89. The van der Waals surface area contributed by atoms with E-state index in [0.29, 0.717) is 5.69 Å². The molecule has 0 spiro atoms. The Morgan fingerprint density at radius 2 is 1.83 bits per heavy atom. The third-order valence-corrected chi connectivity index (χ3v) is 4.32. The maximum Gasteiger partial charge on any atom is 0.240 e. The molecule has 0 heterocycles. The van der Waals surface area contributed by atoms with Gasteiger partial charge in [0.25, 0.3) is 0 Å². The lowest BCUT2D eigenvalue weighted by Gasteiger charge is -2.30. The van der Waals surface area contributed by atoms with Crippen LogP contribution >= 0.6 is 0 Å². The van der Waals surface area contributed by atoms with Crippen LogP contribution in [0.2, 0.25) is 0 Å². The molecule has 1 aliphatic rings. The van der Waals surface area contributed by atoms with Crippen LogP contribution in [-0.4, -0.2) is 20.5 Å². The number of benzene rings is 1. The van der Waals surface area contributed by atoms with Crippen LogP contribution in [0, 0.1) is 0 Å². The molecule has 2 rings (SSSR count). The molecular formula is C12H19N3O2S. The normalized spacial score (nSPS) is 24.8. The molecule has 100 valence electrons. The molecule has 2 unspecified atom stereocenters. The second kappa shape index (κ2) is 5.26. The summed E-state index contributed by atoms with van der Waals surface area (Å²) in [6.45, 7) is 0. The summed E-state index contributed by atoms with van der Waals surface area (Å²) >= 11 is 0. The predicted molar refractivity (Wildman–Crippen MR) is 71.7 cm³/mol. The minimum Gasteiger partial charge on any atom is -0.380 e. The van der Waals surface area contributed by atoms with E-state index < -0.39 is 10.0 Å². The quantitative estimate of drug-likeness (QED) is 0.763. The van der Waals surface area contributed by atoms with Gasteiger partial charge in [-0.1, -0.05) is 25.0 Å². The number of nitrogens with one attached hydrogen (secondary N) is 1. The van der Waals surface area contributed by atoms with Gasteiger partial charge in [-0.3, -0.25) is 0 Å². The largest absolute Gasteiger partial charge is 0.380 e. The molecule has 1 fully saturated rings. The molecule has 1 saturated carbocycles. The van der Waals surface area contributed by atoms with Crippen molar-refractivity contribution in [1.82, 2.24) is 0 Å². The SMILES string of the molecule is NC1CCCCC1Nc1ccccc1S(N)(=O)=O. The summed E-state index contributed by atoms with van der Waals surface area (Å²) in [5, 5.41) is 8.42. The summed E-state index contributed by atoms with van der Waals surface area (Å²) in [6.07, 6.45) is 4.18. The van der Waals surface area contributed by atoms with Crippen molar-refractivity contribution in [2.45, 2.75) is 42.7 Å². The van der Waals surface area contributed by atoms with Crippen molar-refractivity contribution in [3.63, 3.8) is 0 Å². The third-order valence-electron chi connectivity index (χ3n) is 3.35. The van der Waals surface area contributed by atoms with Crippen LogP contribution in [0.4, 0.5) is 5.69 Å². The van der Waals surface area contributed by atoms with Crippen molar-refractivity contribution in [3.05, 3.63) is 24.3 Å². The Bertz CT molecular complexity index is 516. The Hall–Kier alpha value is -1.11. The van der Waals surface area contributed by atoms with Gasteiger partial charge in [-0.05, 0) is 25.0 Å². The Balaban J connectivity index is 2.24. The highest BCUT2D eigenvalue weighted by Crippen LogP contribution is 2.25. The molecule has 0 aromatic heterocycles. The minimum atomic E-state index is -3.71. The van der Waals surface area contributed by atoms with Crippen molar-refractivity contribution in [3.8, 4) is 0 Å². The van der Waals surface area contributed by atoms with Crippen LogP contribution in [0.3, 0.4) is 0 Å². The van der Waals surface area contributed by atoms with Crippen LogP contribution in [-0.2, 0) is 10.0 Å². The van der Waals surface area contributed by atoms with E-state index in [0.717, 1.165) is 25.7 Å². The van der Waals surface area contributed by atoms with Crippen LogP contribution in [0.1, 0.15) is 25.7 Å². The molecule has 0 aliphatic heterocycles. The molecular weight excluding hydrogens is 250 g/mol. The van der Waals surface area contributed by atoms with Gasteiger partial charge in [0.05, 0.1) is 5.69 Å². The summed E-state index contributed by atoms with van der Waals surface area (Å²) in [5.41, 5.74) is 6.59. The minimum absolute atomic E-state index is 0.0623. The van der Waals surface area contributed by atoms with Crippen LogP contribution in [0.25, 0.3) is 0 Å². The smallest absolute Gasteiger partial charge is 0.240 e. The first-order valence-electron chi connectivity index (χ1n) is 6.12. The number of rotatable bonds is 3. The highest BCUT2D eigenvalue weighted by Gasteiger charge is 2.23. The zero-order valence-corrected chi connectivity index (χ0v) is 11.0. The number of primary sulfonamides is 1. The number of nitrogens with two attached hydrogens (primary N) is 2. The van der Waals surface area contributed by atoms with E-state index in [1.54, 1.807) is 18.2 Å². The summed E-state index contributed by atoms with van der Waals surface area (Å²) in [7, 11) is -3.71. The van der Waals surface area contributed by atoms with Crippen molar-refractivity contribution in [1.29, 1.82) is 0 Å². The van der Waals surface area contributed by atoms with Crippen LogP contribution in [0.5, 0.6) is 0 Å². The highest BCUT2D eigenvalue weighted by molar-refractivity contribution is 7.89. The van der Waals surface area contributed by atoms with E-state index in [1.165, 1.54) is 6.07 Å². The van der Waals surface area contributed by atoms with E-state index in [-0.39, 0.29) is 17.0 Å². The van der Waals surface area contributed by atoms with E-state index >= 15 is 0 Å². The van der Waals surface area contributed by atoms with Gasteiger partial charge >= 0.3 is 0 Å². The van der Waals surface area contributed by atoms with Gasteiger partial charge in [0.2, 0.25) is 10.0 Å². The molecule has 18 heavy (non-hydrogen) atoms. The molecule has 0 amide bonds. The standard InChI is InChI=1S/C12H19N3O2S/c13-9-5-1-2-6-10(9)15-11-7-3-4-8-12(11)18(14,16)17/h3-4,7-10,15H,1-2,5-6,13H2,(H2,14,16,17). The third kappa shape index (κ3) is 3.01. The van der Waals surface area contributed by atoms with Crippen LogP contribution < -0.4 is 16.2 Å². The Morgan fingerprint density at radius 1 is 1.17 bits per heavy atom. The molecule has 6 heteroatoms. The first-order chi connectivity index (χ1) is 8.48. The monoisotopic (exact) mass is 269 g/mol. The number of hydrogen-bond acceptors (Lipinski definition) is 4. The number of para-hydroxylation sites is 1. The first-order valence-corrected chi connectivity index (χ1v) is 7.67. The van der Waals surface area contributed by atoms with Gasteiger partial charge in [0, 0.05) is 12.1 Å². The molecule has 5 nitrogen and oxygen atoms in total. The zero-order valence-electron chi connectivity index (χ0n) is 10.2. The average Bonchev–Trinajstić information content (AvgIpc) is 2.31. The lowest BCUT2D eigenvalue weighted by molar-refractivity contribution is 0.403. The lowest BCUT2D eigenvalue weighted by atomic mass is 9.91. The van der Waals surface area contributed by atoms with Gasteiger partial charge < -0.3 is 11.1 Å². The molecule has 1 aromatic rings. The number of anilines is 1. The summed E-state index contributed by atoms with van der Waals surface area (Å²) < 4.78 is 23.0. The van der Waals surface area contributed by atoms with E-state index in [1.807, 2.05) is 0 Å². The second-order valence-corrected chi connectivity index (χ2v) is 6.27. The molecule has 0 radical (unpaired) electrons. The molecule has 2 atom stereocenters. The van der Waals surface area contributed by atoms with Gasteiger partial charge in [-0.2, -0.15) is 0 Å². The highest BCUT2D eigenvalue weighted by atomic mass is 32.2. The maximum absolute atomic E-state index is 11.5. The number of sulfonamides is 1. The van der Waals surface area contributed by atoms with Gasteiger partial charge in [0.15, 0.2) is 0 Å². The van der Waals surface area contributed by atoms with Crippen LogP contribution in [0.15, 0.2) is 29.2 Å². The van der Waals surface area contributed by atoms with Crippen molar-refractivity contribution in [2.75, 3.05) is 5.32 Å². The fourth-order valence-corrected chi connectivity index (χ4v) is 3.07. The fraction of sp³-hybridized carbons (Fsp3) is 0.500. The zero-order chi connectivity index (χ0) is 13.2. The lowest BCUT2D eigenvalue weighted by Crippen LogP contribution is -2.42. The molecule has 5 N–H and O–H groups in total. The fourth-order valence-electron chi connectivity index (χ4n) is 2.37. The van der Waals surface area contributed by atoms with E-state index in [9.17, 15) is 8.42 Å². The van der Waals surface area contributed by atoms with Crippen molar-refractivity contribution in [2.24, 2.45) is 10.9 Å². The second-order valence-electron chi connectivity index (χ2n) is 4.74. The van der Waals surface area contributed by atoms with E-state index in [4.69, 9.17) is 10.9 Å². The predicted octanol–water partition coefficient (Wildman–Crippen LogP) is 1.02. The topological polar surface area (TPSA) is 98.2 Å². The number of hydrogen-bond donors (Lipinski definition) is 3. The molecule has 1 aliphatic carbocycles. The Morgan fingerprint density at radius 3 is 2.50 bits per heavy atom.